The monoisotopic (exact) mass is 360 g/mol. The number of anilines is 1. The second kappa shape index (κ2) is 7.18. The van der Waals surface area contributed by atoms with Crippen molar-refractivity contribution in [2.24, 2.45) is 0 Å². The number of rotatable bonds is 5. The molecule has 2 N–H and O–H groups in total. The van der Waals surface area contributed by atoms with E-state index >= 15 is 0 Å². The molecule has 1 aromatic carbocycles. The minimum Gasteiger partial charge on any atom is -0.365 e. The van der Waals surface area contributed by atoms with Crippen LogP contribution in [0.2, 0.25) is 0 Å². The Kier molecular flexibility index (Phi) is 4.98. The Balaban J connectivity index is 1.55. The lowest BCUT2D eigenvalue weighted by atomic mass is 10.1. The number of hydrogen-bond donors (Lipinski definition) is 2. The molecule has 2 aromatic rings. The summed E-state index contributed by atoms with van der Waals surface area (Å²) in [5.74, 6) is 0.273. The minimum atomic E-state index is -3.03. The number of nitrogens with one attached hydrogen (secondary N) is 2. The summed E-state index contributed by atoms with van der Waals surface area (Å²) in [6.45, 7) is 2.65. The van der Waals surface area contributed by atoms with Crippen LogP contribution in [0.25, 0.3) is 0 Å². The van der Waals surface area contributed by atoms with Gasteiger partial charge in [0.15, 0.2) is 15.5 Å². The summed E-state index contributed by atoms with van der Waals surface area (Å²) < 4.78 is 22.9. The predicted octanol–water partition coefficient (Wildman–Crippen LogP) is 1.31. The summed E-state index contributed by atoms with van der Waals surface area (Å²) in [6, 6.07) is 11.0. The number of aryl methyl sites for hydroxylation is 1. The van der Waals surface area contributed by atoms with Gasteiger partial charge in [-0.3, -0.25) is 4.79 Å². The molecule has 0 aliphatic carbocycles. The van der Waals surface area contributed by atoms with E-state index in [1.165, 1.54) is 5.56 Å². The molecule has 1 amide bonds. The van der Waals surface area contributed by atoms with Crippen molar-refractivity contribution in [3.8, 4) is 0 Å². The molecule has 1 aromatic heterocycles. The van der Waals surface area contributed by atoms with Gasteiger partial charge in [-0.25, -0.2) is 8.42 Å². The summed E-state index contributed by atoms with van der Waals surface area (Å²) in [6.07, 6.45) is 0.442. The Labute approximate surface area is 146 Å². The van der Waals surface area contributed by atoms with Crippen LogP contribution in [0.4, 0.5) is 5.82 Å². The highest BCUT2D eigenvalue weighted by molar-refractivity contribution is 7.91. The number of carbonyl (C=O) groups excluding carboxylic acids is 1. The molecule has 0 spiro atoms. The summed E-state index contributed by atoms with van der Waals surface area (Å²) in [4.78, 5) is 12.1. The van der Waals surface area contributed by atoms with Gasteiger partial charge >= 0.3 is 0 Å². The number of sulfone groups is 1. The molecular formula is C17H20N4O3S. The van der Waals surface area contributed by atoms with Crippen molar-refractivity contribution in [3.05, 3.63) is 53.2 Å². The standard InChI is InChI=1S/C17H20N4O3S/c1-12-3-2-4-13(9-12)10-18-16-6-5-15(20-21-16)17(22)19-14-7-8-25(23,24)11-14/h2-6,9,14H,7-8,10-11H2,1H3,(H,18,21)(H,19,22). The second-order valence-corrected chi connectivity index (χ2v) is 8.45. The van der Waals surface area contributed by atoms with E-state index < -0.39 is 15.7 Å². The molecule has 1 aliphatic rings. The maximum atomic E-state index is 12.1. The van der Waals surface area contributed by atoms with Crippen LogP contribution in [0.3, 0.4) is 0 Å². The molecule has 25 heavy (non-hydrogen) atoms. The fourth-order valence-corrected chi connectivity index (χ4v) is 4.40. The third kappa shape index (κ3) is 4.76. The summed E-state index contributed by atoms with van der Waals surface area (Å²) >= 11 is 0. The SMILES string of the molecule is Cc1cccc(CNc2ccc(C(=O)NC3CCS(=O)(=O)C3)nn2)c1. The molecule has 0 radical (unpaired) electrons. The molecule has 0 bridgehead atoms. The molecule has 3 rings (SSSR count). The van der Waals surface area contributed by atoms with E-state index in [0.29, 0.717) is 18.8 Å². The van der Waals surface area contributed by atoms with Crippen molar-refractivity contribution in [1.82, 2.24) is 15.5 Å². The molecule has 8 heteroatoms. The van der Waals surface area contributed by atoms with E-state index in [4.69, 9.17) is 0 Å². The van der Waals surface area contributed by atoms with Gasteiger partial charge in [-0.2, -0.15) is 0 Å². The Morgan fingerprint density at radius 1 is 1.24 bits per heavy atom. The molecule has 0 saturated carbocycles. The first kappa shape index (κ1) is 17.3. The van der Waals surface area contributed by atoms with Gasteiger partial charge < -0.3 is 10.6 Å². The lowest BCUT2D eigenvalue weighted by Gasteiger charge is -2.10. The number of amides is 1. The first-order valence-electron chi connectivity index (χ1n) is 8.06. The predicted molar refractivity (Wildman–Crippen MR) is 95.1 cm³/mol. The Morgan fingerprint density at radius 3 is 2.72 bits per heavy atom. The molecule has 1 atom stereocenters. The zero-order valence-electron chi connectivity index (χ0n) is 13.9. The van der Waals surface area contributed by atoms with Crippen LogP contribution in [0, 0.1) is 6.92 Å². The molecular weight excluding hydrogens is 340 g/mol. The molecule has 2 heterocycles. The number of benzene rings is 1. The molecule has 1 fully saturated rings. The van der Waals surface area contributed by atoms with Gasteiger partial charge in [-0.05, 0) is 31.0 Å². The topological polar surface area (TPSA) is 101 Å². The minimum absolute atomic E-state index is 0.0116. The maximum Gasteiger partial charge on any atom is 0.272 e. The van der Waals surface area contributed by atoms with E-state index in [1.807, 2.05) is 25.1 Å². The Morgan fingerprint density at radius 2 is 2.08 bits per heavy atom. The van der Waals surface area contributed by atoms with Crippen molar-refractivity contribution >= 4 is 21.6 Å². The second-order valence-electron chi connectivity index (χ2n) is 6.22. The van der Waals surface area contributed by atoms with E-state index in [-0.39, 0.29) is 23.2 Å². The van der Waals surface area contributed by atoms with Crippen LogP contribution in [0.5, 0.6) is 0 Å². The van der Waals surface area contributed by atoms with Crippen molar-refractivity contribution in [1.29, 1.82) is 0 Å². The maximum absolute atomic E-state index is 12.1. The Bertz CT molecular complexity index is 866. The number of carbonyl (C=O) groups is 1. The molecule has 1 unspecified atom stereocenters. The van der Waals surface area contributed by atoms with E-state index in [1.54, 1.807) is 12.1 Å². The van der Waals surface area contributed by atoms with Gasteiger partial charge in [-0.1, -0.05) is 29.8 Å². The summed E-state index contributed by atoms with van der Waals surface area (Å²) in [7, 11) is -3.03. The summed E-state index contributed by atoms with van der Waals surface area (Å²) in [5.41, 5.74) is 2.49. The van der Waals surface area contributed by atoms with Crippen LogP contribution in [0.15, 0.2) is 36.4 Å². The number of aromatic nitrogens is 2. The van der Waals surface area contributed by atoms with Crippen LogP contribution in [-0.4, -0.2) is 42.1 Å². The first-order valence-corrected chi connectivity index (χ1v) is 9.88. The third-order valence-electron chi connectivity index (χ3n) is 4.02. The van der Waals surface area contributed by atoms with Gasteiger partial charge in [0, 0.05) is 12.6 Å². The van der Waals surface area contributed by atoms with E-state index in [0.717, 1.165) is 5.56 Å². The summed E-state index contributed by atoms with van der Waals surface area (Å²) in [5, 5.41) is 13.8. The fourth-order valence-electron chi connectivity index (χ4n) is 2.73. The van der Waals surface area contributed by atoms with Crippen LogP contribution < -0.4 is 10.6 Å². The molecule has 132 valence electrons. The van der Waals surface area contributed by atoms with Crippen LogP contribution in [-0.2, 0) is 16.4 Å². The van der Waals surface area contributed by atoms with Crippen LogP contribution >= 0.6 is 0 Å². The Hall–Kier alpha value is -2.48. The third-order valence-corrected chi connectivity index (χ3v) is 5.79. The zero-order chi connectivity index (χ0) is 17.9. The highest BCUT2D eigenvalue weighted by Gasteiger charge is 2.29. The molecule has 1 aliphatic heterocycles. The average molecular weight is 360 g/mol. The zero-order valence-corrected chi connectivity index (χ0v) is 14.7. The molecule has 7 nitrogen and oxygen atoms in total. The number of nitrogens with zero attached hydrogens (tertiary/aromatic N) is 2. The van der Waals surface area contributed by atoms with Gasteiger partial charge in [0.1, 0.15) is 5.82 Å². The number of hydrogen-bond acceptors (Lipinski definition) is 6. The van der Waals surface area contributed by atoms with Gasteiger partial charge in [0.2, 0.25) is 0 Å². The fraction of sp³-hybridized carbons (Fsp3) is 0.353. The highest BCUT2D eigenvalue weighted by atomic mass is 32.2. The van der Waals surface area contributed by atoms with Gasteiger partial charge in [-0.15, -0.1) is 10.2 Å². The largest absolute Gasteiger partial charge is 0.365 e. The van der Waals surface area contributed by atoms with Crippen molar-refractivity contribution < 1.29 is 13.2 Å². The first-order chi connectivity index (χ1) is 11.9. The normalized spacial score (nSPS) is 18.7. The van der Waals surface area contributed by atoms with Crippen molar-refractivity contribution in [2.75, 3.05) is 16.8 Å². The molecule has 1 saturated heterocycles. The van der Waals surface area contributed by atoms with Crippen molar-refractivity contribution in [2.45, 2.75) is 25.9 Å². The van der Waals surface area contributed by atoms with E-state index in [2.05, 4.69) is 26.9 Å². The average Bonchev–Trinajstić information content (AvgIpc) is 2.92. The highest BCUT2D eigenvalue weighted by Crippen LogP contribution is 2.12. The quantitative estimate of drug-likeness (QED) is 0.834. The lowest BCUT2D eigenvalue weighted by molar-refractivity contribution is 0.0935. The lowest BCUT2D eigenvalue weighted by Crippen LogP contribution is -2.36. The van der Waals surface area contributed by atoms with Gasteiger partial charge in [0.25, 0.3) is 5.91 Å². The smallest absolute Gasteiger partial charge is 0.272 e. The van der Waals surface area contributed by atoms with Crippen LogP contribution in [0.1, 0.15) is 28.0 Å². The van der Waals surface area contributed by atoms with Crippen molar-refractivity contribution in [3.63, 3.8) is 0 Å². The van der Waals surface area contributed by atoms with E-state index in [9.17, 15) is 13.2 Å². The van der Waals surface area contributed by atoms with Gasteiger partial charge in [0.05, 0.1) is 11.5 Å².